The van der Waals surface area contributed by atoms with Crippen LogP contribution in [0.5, 0.6) is 0 Å². The maximum Gasteiger partial charge on any atom is 0.307 e. The highest BCUT2D eigenvalue weighted by Gasteiger charge is 2.32. The number of aromatic nitrogens is 1. The van der Waals surface area contributed by atoms with Crippen LogP contribution in [0.1, 0.15) is 36.3 Å². The van der Waals surface area contributed by atoms with E-state index >= 15 is 0 Å². The number of rotatable bonds is 6. The van der Waals surface area contributed by atoms with E-state index in [-0.39, 0.29) is 30.4 Å². The Kier molecular flexibility index (Phi) is 5.76. The number of amides is 1. The van der Waals surface area contributed by atoms with Gasteiger partial charge < -0.3 is 14.6 Å². The number of nitrogens with zero attached hydrogens (tertiary/aromatic N) is 2. The van der Waals surface area contributed by atoms with Crippen molar-refractivity contribution in [3.05, 3.63) is 17.0 Å². The first-order chi connectivity index (χ1) is 10.9. The van der Waals surface area contributed by atoms with Crippen LogP contribution in [0.2, 0.25) is 0 Å². The lowest BCUT2D eigenvalue weighted by molar-refractivity contribution is -0.141. The molecular formula is C16H25N3O4. The fourth-order valence-corrected chi connectivity index (χ4v) is 3.07. The Hall–Kier alpha value is -1.89. The maximum absolute atomic E-state index is 12.1. The van der Waals surface area contributed by atoms with Crippen LogP contribution >= 0.6 is 0 Å². The molecule has 1 saturated heterocycles. The summed E-state index contributed by atoms with van der Waals surface area (Å²) < 4.78 is 9.80. The molecule has 0 spiro atoms. The summed E-state index contributed by atoms with van der Waals surface area (Å²) in [7, 11) is 3.40. The van der Waals surface area contributed by atoms with Gasteiger partial charge in [-0.15, -0.1) is 0 Å². The topological polar surface area (TPSA) is 84.7 Å². The van der Waals surface area contributed by atoms with Gasteiger partial charge >= 0.3 is 5.97 Å². The van der Waals surface area contributed by atoms with Crippen molar-refractivity contribution in [2.45, 2.75) is 51.6 Å². The molecule has 0 aliphatic carbocycles. The summed E-state index contributed by atoms with van der Waals surface area (Å²) in [6, 6.07) is 0.435. The van der Waals surface area contributed by atoms with E-state index in [9.17, 15) is 9.59 Å². The van der Waals surface area contributed by atoms with Crippen molar-refractivity contribution in [3.63, 3.8) is 0 Å². The minimum atomic E-state index is -0.190. The fourth-order valence-electron chi connectivity index (χ4n) is 3.07. The minimum absolute atomic E-state index is 0.0378. The molecule has 128 valence electrons. The van der Waals surface area contributed by atoms with Gasteiger partial charge in [0.25, 0.3) is 0 Å². The molecule has 1 amide bonds. The van der Waals surface area contributed by atoms with Crippen LogP contribution in [0.4, 0.5) is 0 Å². The number of ether oxygens (including phenoxy) is 1. The number of hydrogen-bond donors (Lipinski definition) is 1. The lowest BCUT2D eigenvalue weighted by Gasteiger charge is -2.25. The van der Waals surface area contributed by atoms with Gasteiger partial charge in [0.2, 0.25) is 5.91 Å². The van der Waals surface area contributed by atoms with Gasteiger partial charge in [0, 0.05) is 24.2 Å². The molecule has 1 aliphatic rings. The fraction of sp³-hybridized carbons (Fsp3) is 0.688. The molecule has 23 heavy (non-hydrogen) atoms. The van der Waals surface area contributed by atoms with Crippen molar-refractivity contribution in [2.24, 2.45) is 0 Å². The van der Waals surface area contributed by atoms with Crippen molar-refractivity contribution in [2.75, 3.05) is 20.7 Å². The Bertz CT molecular complexity index is 550. The van der Waals surface area contributed by atoms with Crippen molar-refractivity contribution in [1.29, 1.82) is 0 Å². The average Bonchev–Trinajstić information content (AvgIpc) is 3.02. The first-order valence-electron chi connectivity index (χ1n) is 7.89. The van der Waals surface area contributed by atoms with Crippen molar-refractivity contribution in [3.8, 4) is 0 Å². The Morgan fingerprint density at radius 3 is 2.65 bits per heavy atom. The third-order valence-electron chi connectivity index (χ3n) is 4.67. The van der Waals surface area contributed by atoms with E-state index in [0.29, 0.717) is 18.7 Å². The number of aryl methyl sites for hydroxylation is 2. The minimum Gasteiger partial charge on any atom is -0.469 e. The summed E-state index contributed by atoms with van der Waals surface area (Å²) in [5.74, 6) is 0.461. The highest BCUT2D eigenvalue weighted by molar-refractivity contribution is 5.79. The highest BCUT2D eigenvalue weighted by Crippen LogP contribution is 2.24. The smallest absolute Gasteiger partial charge is 0.307 e. The predicted molar refractivity (Wildman–Crippen MR) is 83.9 cm³/mol. The molecule has 2 heterocycles. The normalized spacial score (nSPS) is 21.4. The Balaban J connectivity index is 1.80. The summed E-state index contributed by atoms with van der Waals surface area (Å²) in [4.78, 5) is 25.7. The van der Waals surface area contributed by atoms with Crippen LogP contribution in [0.15, 0.2) is 4.52 Å². The van der Waals surface area contributed by atoms with Crippen LogP contribution < -0.4 is 5.32 Å². The molecule has 1 aromatic rings. The first-order valence-corrected chi connectivity index (χ1v) is 7.89. The van der Waals surface area contributed by atoms with Gasteiger partial charge in [-0.2, -0.15) is 0 Å². The number of carbonyl (C=O) groups is 2. The summed E-state index contributed by atoms with van der Waals surface area (Å²) >= 11 is 0. The Morgan fingerprint density at radius 2 is 2.04 bits per heavy atom. The van der Waals surface area contributed by atoms with E-state index in [2.05, 4.69) is 15.4 Å². The molecule has 1 fully saturated rings. The van der Waals surface area contributed by atoms with E-state index in [0.717, 1.165) is 24.1 Å². The zero-order chi connectivity index (χ0) is 17.0. The Morgan fingerprint density at radius 1 is 1.35 bits per heavy atom. The van der Waals surface area contributed by atoms with Crippen LogP contribution in [-0.4, -0.2) is 54.7 Å². The van der Waals surface area contributed by atoms with E-state index in [1.807, 2.05) is 20.9 Å². The van der Waals surface area contributed by atoms with Gasteiger partial charge in [0.15, 0.2) is 0 Å². The molecule has 1 aliphatic heterocycles. The molecular weight excluding hydrogens is 298 g/mol. The maximum atomic E-state index is 12.1. The van der Waals surface area contributed by atoms with Gasteiger partial charge in [0.05, 0.1) is 25.6 Å². The average molecular weight is 323 g/mol. The second-order valence-electron chi connectivity index (χ2n) is 6.11. The van der Waals surface area contributed by atoms with Crippen LogP contribution in [0.25, 0.3) is 0 Å². The number of carbonyl (C=O) groups excluding carboxylic acids is 2. The molecule has 0 saturated carbocycles. The van der Waals surface area contributed by atoms with Crippen LogP contribution in [-0.2, 0) is 20.7 Å². The summed E-state index contributed by atoms with van der Waals surface area (Å²) in [5, 5.41) is 6.83. The molecule has 0 aromatic carbocycles. The first kappa shape index (κ1) is 17.5. The number of esters is 1. The predicted octanol–water partition coefficient (Wildman–Crippen LogP) is 0.976. The zero-order valence-corrected chi connectivity index (χ0v) is 14.2. The highest BCUT2D eigenvalue weighted by atomic mass is 16.5. The van der Waals surface area contributed by atoms with Gasteiger partial charge in [0.1, 0.15) is 5.76 Å². The second-order valence-corrected chi connectivity index (χ2v) is 6.11. The number of likely N-dealkylation sites (N-methyl/N-ethyl adjacent to an activating group) is 1. The molecule has 0 bridgehead atoms. The van der Waals surface area contributed by atoms with Gasteiger partial charge in [-0.1, -0.05) is 5.16 Å². The number of nitrogens with one attached hydrogen (secondary N) is 1. The standard InChI is InChI=1S/C16H25N3O4/c1-10-14(11(2)23-18-10)8-15(20)17-9-13-6-5-12(19(13)3)7-16(21)22-4/h12-13H,5-9H2,1-4H3,(H,17,20)/t12-,13+/m1/s1. The SMILES string of the molecule is COC(=O)C[C@H]1CC[C@@H](CNC(=O)Cc2c(C)noc2C)N1C. The Labute approximate surface area is 136 Å². The van der Waals surface area contributed by atoms with E-state index < -0.39 is 0 Å². The molecule has 1 N–H and O–H groups in total. The lowest BCUT2D eigenvalue weighted by Crippen LogP contribution is -2.42. The third-order valence-corrected chi connectivity index (χ3v) is 4.67. The van der Waals surface area contributed by atoms with Gasteiger partial charge in [-0.25, -0.2) is 0 Å². The quantitative estimate of drug-likeness (QED) is 0.786. The summed E-state index contributed by atoms with van der Waals surface area (Å²) in [5.41, 5.74) is 1.61. The van der Waals surface area contributed by atoms with E-state index in [1.54, 1.807) is 0 Å². The van der Waals surface area contributed by atoms with Crippen molar-refractivity contribution >= 4 is 11.9 Å². The molecule has 2 rings (SSSR count). The number of methoxy groups -OCH3 is 1. The molecule has 2 atom stereocenters. The monoisotopic (exact) mass is 323 g/mol. The molecule has 0 unspecified atom stereocenters. The van der Waals surface area contributed by atoms with Crippen LogP contribution in [0, 0.1) is 13.8 Å². The van der Waals surface area contributed by atoms with Crippen molar-refractivity contribution in [1.82, 2.24) is 15.4 Å². The third kappa shape index (κ3) is 4.31. The summed E-state index contributed by atoms with van der Waals surface area (Å²) in [6.45, 7) is 4.22. The molecule has 0 radical (unpaired) electrons. The van der Waals surface area contributed by atoms with Crippen LogP contribution in [0.3, 0.4) is 0 Å². The number of hydrogen-bond acceptors (Lipinski definition) is 6. The molecule has 7 heteroatoms. The number of likely N-dealkylation sites (tertiary alicyclic amines) is 1. The van der Waals surface area contributed by atoms with Gasteiger partial charge in [-0.05, 0) is 33.7 Å². The van der Waals surface area contributed by atoms with Crippen molar-refractivity contribution < 1.29 is 18.8 Å². The second kappa shape index (κ2) is 7.59. The van der Waals surface area contributed by atoms with Gasteiger partial charge in [-0.3, -0.25) is 14.5 Å². The lowest BCUT2D eigenvalue weighted by atomic mass is 10.1. The van der Waals surface area contributed by atoms with E-state index in [4.69, 9.17) is 9.26 Å². The van der Waals surface area contributed by atoms with E-state index in [1.165, 1.54) is 7.11 Å². The summed E-state index contributed by atoms with van der Waals surface area (Å²) in [6.07, 6.45) is 2.58. The molecule has 1 aromatic heterocycles. The molecule has 7 nitrogen and oxygen atoms in total. The zero-order valence-electron chi connectivity index (χ0n) is 14.2. The largest absolute Gasteiger partial charge is 0.469 e.